The van der Waals surface area contributed by atoms with E-state index in [4.69, 9.17) is 0 Å². The highest BCUT2D eigenvalue weighted by Gasteiger charge is 2.14. The molecule has 0 aliphatic carbocycles. The van der Waals surface area contributed by atoms with Crippen LogP contribution in [0.15, 0.2) is 60.0 Å². The molecule has 0 aliphatic rings. The summed E-state index contributed by atoms with van der Waals surface area (Å²) in [6, 6.07) is 13.2. The number of aryl methyl sites for hydroxylation is 1. The summed E-state index contributed by atoms with van der Waals surface area (Å²) in [5.41, 5.74) is 4.74. The van der Waals surface area contributed by atoms with E-state index in [1.54, 1.807) is 35.4 Å². The van der Waals surface area contributed by atoms with Gasteiger partial charge < -0.3 is 10.2 Å². The molecule has 3 rings (SSSR count). The Balaban J connectivity index is 1.61. The zero-order chi connectivity index (χ0) is 22.4. The van der Waals surface area contributed by atoms with Gasteiger partial charge >= 0.3 is 0 Å². The molecule has 3 aromatic rings. The molecular formula is C24H28N4O2S. The molecule has 162 valence electrons. The van der Waals surface area contributed by atoms with Crippen LogP contribution < -0.4 is 5.32 Å². The van der Waals surface area contributed by atoms with E-state index in [2.05, 4.69) is 36.3 Å². The quantitative estimate of drug-likeness (QED) is 0.520. The SMILES string of the molecule is CCN(CC)C(=O)c1ccc(NC(=O)CSc2nccn2-c2cccc(C)c2C)cc1. The van der Waals surface area contributed by atoms with Gasteiger partial charge in [0.2, 0.25) is 5.91 Å². The van der Waals surface area contributed by atoms with Gasteiger partial charge in [-0.2, -0.15) is 0 Å². The number of thioether (sulfide) groups is 1. The first-order valence-electron chi connectivity index (χ1n) is 10.4. The second-order valence-corrected chi connectivity index (χ2v) is 8.13. The van der Waals surface area contributed by atoms with Crippen molar-refractivity contribution in [3.05, 3.63) is 71.5 Å². The molecule has 0 fully saturated rings. The average molecular weight is 437 g/mol. The summed E-state index contributed by atoms with van der Waals surface area (Å²) in [4.78, 5) is 31.0. The van der Waals surface area contributed by atoms with Gasteiger partial charge in [-0.1, -0.05) is 23.9 Å². The maximum Gasteiger partial charge on any atom is 0.253 e. The van der Waals surface area contributed by atoms with Gasteiger partial charge in [-0.3, -0.25) is 14.2 Å². The largest absolute Gasteiger partial charge is 0.339 e. The molecule has 1 N–H and O–H groups in total. The number of benzene rings is 2. The van der Waals surface area contributed by atoms with Crippen molar-refractivity contribution in [2.75, 3.05) is 24.2 Å². The highest BCUT2D eigenvalue weighted by molar-refractivity contribution is 7.99. The van der Waals surface area contributed by atoms with Crippen molar-refractivity contribution < 1.29 is 9.59 Å². The maximum atomic E-state index is 12.5. The zero-order valence-electron chi connectivity index (χ0n) is 18.4. The van der Waals surface area contributed by atoms with Crippen molar-refractivity contribution >= 4 is 29.3 Å². The van der Waals surface area contributed by atoms with Gasteiger partial charge in [0.15, 0.2) is 5.16 Å². The smallest absolute Gasteiger partial charge is 0.253 e. The lowest BCUT2D eigenvalue weighted by molar-refractivity contribution is -0.113. The normalized spacial score (nSPS) is 10.7. The first-order chi connectivity index (χ1) is 14.9. The van der Waals surface area contributed by atoms with Gasteiger partial charge in [0, 0.05) is 36.7 Å². The summed E-state index contributed by atoms with van der Waals surface area (Å²) in [5.74, 6) is 0.113. The van der Waals surface area contributed by atoms with Crippen LogP contribution in [0.1, 0.15) is 35.3 Å². The molecule has 0 radical (unpaired) electrons. The van der Waals surface area contributed by atoms with Crippen molar-refractivity contribution in [2.45, 2.75) is 32.9 Å². The Bertz CT molecular complexity index is 1060. The van der Waals surface area contributed by atoms with Gasteiger partial charge in [0.25, 0.3) is 5.91 Å². The molecule has 31 heavy (non-hydrogen) atoms. The van der Waals surface area contributed by atoms with Crippen molar-refractivity contribution in [3.63, 3.8) is 0 Å². The number of carbonyl (C=O) groups excluding carboxylic acids is 2. The molecule has 2 amide bonds. The molecule has 0 aliphatic heterocycles. The number of rotatable bonds is 8. The van der Waals surface area contributed by atoms with Gasteiger partial charge in [-0.15, -0.1) is 0 Å². The van der Waals surface area contributed by atoms with Crippen LogP contribution in [0.2, 0.25) is 0 Å². The third kappa shape index (κ3) is 5.35. The first-order valence-corrected chi connectivity index (χ1v) is 11.3. The summed E-state index contributed by atoms with van der Waals surface area (Å²) < 4.78 is 2.01. The number of hydrogen-bond acceptors (Lipinski definition) is 4. The standard InChI is InChI=1S/C24H28N4O2S/c1-5-27(6-2)23(30)19-10-12-20(13-11-19)26-22(29)16-31-24-25-14-15-28(24)21-9-7-8-17(3)18(21)4/h7-15H,5-6,16H2,1-4H3,(H,26,29). The van der Waals surface area contributed by atoms with E-state index in [1.165, 1.54) is 22.9 Å². The third-order valence-electron chi connectivity index (χ3n) is 5.24. The zero-order valence-corrected chi connectivity index (χ0v) is 19.2. The Morgan fingerprint density at radius 1 is 1.06 bits per heavy atom. The van der Waals surface area contributed by atoms with E-state index in [0.717, 1.165) is 10.8 Å². The fourth-order valence-corrected chi connectivity index (χ4v) is 4.06. The molecule has 0 saturated heterocycles. The van der Waals surface area contributed by atoms with Crippen LogP contribution in [0.3, 0.4) is 0 Å². The lowest BCUT2D eigenvalue weighted by Gasteiger charge is -2.18. The van der Waals surface area contributed by atoms with Crippen LogP contribution in [-0.2, 0) is 4.79 Å². The molecule has 1 heterocycles. The van der Waals surface area contributed by atoms with Crippen LogP contribution in [0.5, 0.6) is 0 Å². The Morgan fingerprint density at radius 3 is 2.45 bits per heavy atom. The minimum atomic E-state index is -0.122. The average Bonchev–Trinajstić information content (AvgIpc) is 3.24. The lowest BCUT2D eigenvalue weighted by Crippen LogP contribution is -2.30. The van der Waals surface area contributed by atoms with E-state index >= 15 is 0 Å². The van der Waals surface area contributed by atoms with E-state index in [-0.39, 0.29) is 17.6 Å². The first kappa shape index (κ1) is 22.6. The summed E-state index contributed by atoms with van der Waals surface area (Å²) >= 11 is 1.39. The highest BCUT2D eigenvalue weighted by atomic mass is 32.2. The summed E-state index contributed by atoms with van der Waals surface area (Å²) in [7, 11) is 0. The van der Waals surface area contributed by atoms with E-state index < -0.39 is 0 Å². The number of nitrogens with zero attached hydrogens (tertiary/aromatic N) is 3. The van der Waals surface area contributed by atoms with Crippen LogP contribution >= 0.6 is 11.8 Å². The van der Waals surface area contributed by atoms with E-state index in [9.17, 15) is 9.59 Å². The summed E-state index contributed by atoms with van der Waals surface area (Å²) in [6.45, 7) is 9.42. The second kappa shape index (κ2) is 10.3. The van der Waals surface area contributed by atoms with E-state index in [0.29, 0.717) is 24.3 Å². The Kier molecular flexibility index (Phi) is 7.52. The number of imidazole rings is 1. The Hall–Kier alpha value is -3.06. The molecule has 0 saturated carbocycles. The number of hydrogen-bond donors (Lipinski definition) is 1. The molecule has 1 aromatic heterocycles. The van der Waals surface area contributed by atoms with Gasteiger partial charge in [-0.05, 0) is 69.2 Å². The number of aromatic nitrogens is 2. The molecule has 0 atom stereocenters. The molecule has 0 unspecified atom stereocenters. The third-order valence-corrected chi connectivity index (χ3v) is 6.21. The van der Waals surface area contributed by atoms with Gasteiger partial charge in [-0.25, -0.2) is 4.98 Å². The lowest BCUT2D eigenvalue weighted by atomic mass is 10.1. The monoisotopic (exact) mass is 436 g/mol. The van der Waals surface area contributed by atoms with E-state index in [1.807, 2.05) is 30.7 Å². The molecular weight excluding hydrogens is 408 g/mol. The van der Waals surface area contributed by atoms with Gasteiger partial charge in [0.1, 0.15) is 0 Å². The predicted molar refractivity (Wildman–Crippen MR) is 126 cm³/mol. The van der Waals surface area contributed by atoms with Crippen LogP contribution in [0, 0.1) is 13.8 Å². The van der Waals surface area contributed by atoms with Crippen molar-refractivity contribution in [2.24, 2.45) is 0 Å². The molecule has 2 aromatic carbocycles. The minimum absolute atomic E-state index is 0.00305. The number of anilines is 1. The Morgan fingerprint density at radius 2 is 1.77 bits per heavy atom. The minimum Gasteiger partial charge on any atom is -0.339 e. The number of amides is 2. The Labute approximate surface area is 187 Å². The molecule has 7 heteroatoms. The second-order valence-electron chi connectivity index (χ2n) is 7.19. The molecule has 0 spiro atoms. The maximum absolute atomic E-state index is 12.5. The van der Waals surface area contributed by atoms with Crippen LogP contribution in [0.4, 0.5) is 5.69 Å². The topological polar surface area (TPSA) is 67.2 Å². The number of nitrogens with one attached hydrogen (secondary N) is 1. The highest BCUT2D eigenvalue weighted by Crippen LogP contribution is 2.24. The van der Waals surface area contributed by atoms with Crippen LogP contribution in [0.25, 0.3) is 5.69 Å². The molecule has 6 nitrogen and oxygen atoms in total. The summed E-state index contributed by atoms with van der Waals surface area (Å²) in [6.07, 6.45) is 3.65. The number of carbonyl (C=O) groups is 2. The van der Waals surface area contributed by atoms with Crippen molar-refractivity contribution in [1.82, 2.24) is 14.5 Å². The van der Waals surface area contributed by atoms with Gasteiger partial charge in [0.05, 0.1) is 11.4 Å². The fourth-order valence-electron chi connectivity index (χ4n) is 3.29. The summed E-state index contributed by atoms with van der Waals surface area (Å²) in [5, 5.41) is 3.65. The molecule has 0 bridgehead atoms. The fraction of sp³-hybridized carbons (Fsp3) is 0.292. The van der Waals surface area contributed by atoms with Crippen LogP contribution in [-0.4, -0.2) is 45.1 Å². The van der Waals surface area contributed by atoms with Crippen molar-refractivity contribution in [1.29, 1.82) is 0 Å². The van der Waals surface area contributed by atoms with Crippen molar-refractivity contribution in [3.8, 4) is 5.69 Å². The predicted octanol–water partition coefficient (Wildman–Crippen LogP) is 4.70.